The lowest BCUT2D eigenvalue weighted by atomic mass is 9.95. The molecule has 3 rings (SSSR count). The van der Waals surface area contributed by atoms with Crippen LogP contribution in [-0.2, 0) is 44.9 Å². The highest BCUT2D eigenvalue weighted by Gasteiger charge is 2.37. The van der Waals surface area contributed by atoms with Crippen LogP contribution in [0.25, 0.3) is 11.2 Å². The number of carboxylic acids is 3. The van der Waals surface area contributed by atoms with Gasteiger partial charge < -0.3 is 74.0 Å². The number of carbonyl (C=O) groups excluding carboxylic acids is 6. The zero-order valence-electron chi connectivity index (χ0n) is 34.9. The van der Waals surface area contributed by atoms with Crippen molar-refractivity contribution in [2.75, 3.05) is 24.1 Å². The summed E-state index contributed by atoms with van der Waals surface area (Å²) in [5, 5.41) is 43.3. The number of benzene rings is 1. The Bertz CT molecular complexity index is 2320. The number of anilines is 2. The minimum atomic E-state index is -2.15. The van der Waals surface area contributed by atoms with E-state index < -0.39 is 103 Å². The number of aldehydes is 2. The van der Waals surface area contributed by atoms with Crippen LogP contribution in [-0.4, -0.2) is 138 Å². The second-order valence-corrected chi connectivity index (χ2v) is 14.6. The van der Waals surface area contributed by atoms with E-state index in [1.54, 1.807) is 31.2 Å². The summed E-state index contributed by atoms with van der Waals surface area (Å²) in [7, 11) is 0. The summed E-state index contributed by atoms with van der Waals surface area (Å²) in [6, 6.07) is 0.949. The number of nitrogens with one attached hydrogen (secondary N) is 7. The highest BCUT2D eigenvalue weighted by atomic mass is 16.4. The van der Waals surface area contributed by atoms with E-state index >= 15 is 0 Å². The highest BCUT2D eigenvalue weighted by molar-refractivity contribution is 5.95. The molecule has 16 N–H and O–H groups in total. The third-order valence-corrected chi connectivity index (χ3v) is 9.19. The van der Waals surface area contributed by atoms with E-state index in [-0.39, 0.29) is 80.0 Å². The lowest BCUT2D eigenvalue weighted by Crippen LogP contribution is -2.61. The van der Waals surface area contributed by atoms with Gasteiger partial charge in [-0.2, -0.15) is 4.98 Å². The Labute approximate surface area is 368 Å². The van der Waals surface area contributed by atoms with Crippen LogP contribution in [0.1, 0.15) is 67.9 Å². The van der Waals surface area contributed by atoms with E-state index in [1.165, 1.54) is 6.20 Å². The van der Waals surface area contributed by atoms with Gasteiger partial charge in [0.05, 0.1) is 49.8 Å². The third-order valence-electron chi connectivity index (χ3n) is 9.19. The highest BCUT2D eigenvalue weighted by Crippen LogP contribution is 2.14. The van der Waals surface area contributed by atoms with Crippen molar-refractivity contribution in [2.24, 2.45) is 16.5 Å². The fourth-order valence-corrected chi connectivity index (χ4v) is 5.98. The molecule has 0 unspecified atom stereocenters. The van der Waals surface area contributed by atoms with Gasteiger partial charge in [0, 0.05) is 36.8 Å². The van der Waals surface area contributed by atoms with Gasteiger partial charge in [-0.15, -0.1) is 0 Å². The average Bonchev–Trinajstić information content (AvgIpc) is 3.23. The quantitative estimate of drug-likeness (QED) is 0.0145. The molecule has 0 radical (unpaired) electrons. The standard InChI is InChI=1S/C38H50N14O13/c1-19(46-32(62)20-5-7-21(8-6-20)43-14-23-15-44-31-30(47-23)35(65)51-37(41)50-31)4-9-26(55)52-38(18-54,13-29(60)61)17-45-24(3-2-10-42-36(39)40)33(63)49-25(12-28(58)59)34(64)48-22(16-53)11-27(56)57/h5-8,15-16,18-19,22,24-25,43,45H,2-4,9-14,17H2,1H3,(H,46,62)(H,48,64)(H,49,63)(H,52,55)(H,56,57)(H,58,59)(H,60,61)(H4,39,40,42)(H3,41,44,50,51,65)/t19-,22+,24+,25+,38-/m1/s1. The number of hydrogen-bond donors (Lipinski definition) is 13. The van der Waals surface area contributed by atoms with Gasteiger partial charge in [-0.25, -0.2) is 9.97 Å². The first kappa shape index (κ1) is 51.3. The number of nitrogen functional groups attached to an aromatic ring is 1. The zero-order chi connectivity index (χ0) is 48.3. The molecule has 27 nitrogen and oxygen atoms in total. The van der Waals surface area contributed by atoms with E-state index in [1.807, 2.05) is 5.32 Å². The molecule has 0 aliphatic rings. The third kappa shape index (κ3) is 17.3. The summed E-state index contributed by atoms with van der Waals surface area (Å²) in [6.45, 7) is 1.10. The van der Waals surface area contributed by atoms with Gasteiger partial charge in [-0.1, -0.05) is 0 Å². The number of aliphatic carboxylic acids is 3. The largest absolute Gasteiger partial charge is 0.481 e. The first-order valence-corrected chi connectivity index (χ1v) is 19.7. The number of rotatable bonds is 28. The molecule has 4 amide bonds. The first-order valence-electron chi connectivity index (χ1n) is 19.7. The molecule has 0 spiro atoms. The van der Waals surface area contributed by atoms with Crippen molar-refractivity contribution in [3.05, 3.63) is 52.1 Å². The molecule has 2 aromatic heterocycles. The van der Waals surface area contributed by atoms with Crippen molar-refractivity contribution in [2.45, 2.75) is 88.1 Å². The molecule has 65 heavy (non-hydrogen) atoms. The van der Waals surface area contributed by atoms with Gasteiger partial charge in [0.2, 0.25) is 23.7 Å². The molecule has 5 atom stereocenters. The van der Waals surface area contributed by atoms with Crippen LogP contribution in [0.15, 0.2) is 40.2 Å². The monoisotopic (exact) mass is 910 g/mol. The predicted molar refractivity (Wildman–Crippen MR) is 228 cm³/mol. The van der Waals surface area contributed by atoms with Crippen molar-refractivity contribution in [3.63, 3.8) is 0 Å². The summed E-state index contributed by atoms with van der Waals surface area (Å²) < 4.78 is 0. The Hall–Kier alpha value is -8.10. The van der Waals surface area contributed by atoms with Crippen LogP contribution in [0.4, 0.5) is 11.6 Å². The van der Waals surface area contributed by atoms with Gasteiger partial charge in [-0.3, -0.25) is 48.3 Å². The molecular weight excluding hydrogens is 861 g/mol. The van der Waals surface area contributed by atoms with E-state index in [4.69, 9.17) is 22.3 Å². The van der Waals surface area contributed by atoms with Crippen molar-refractivity contribution in [1.82, 2.24) is 46.5 Å². The van der Waals surface area contributed by atoms with Crippen LogP contribution >= 0.6 is 0 Å². The zero-order valence-corrected chi connectivity index (χ0v) is 34.9. The lowest BCUT2D eigenvalue weighted by molar-refractivity contribution is -0.142. The molecule has 0 saturated heterocycles. The Morgan fingerprint density at radius 2 is 1.57 bits per heavy atom. The Morgan fingerprint density at radius 3 is 2.18 bits per heavy atom. The minimum Gasteiger partial charge on any atom is -0.481 e. The molecule has 3 aromatic rings. The maximum absolute atomic E-state index is 13.5. The van der Waals surface area contributed by atoms with Crippen molar-refractivity contribution < 1.29 is 58.5 Å². The SMILES string of the molecule is C[C@H](CCC(=O)N[C@@](C=O)(CN[C@@H](CCCN=C(N)N)C(=O)N[C@@H](CC(=O)O)C(=O)N[C@H](C=O)CC(=O)O)CC(=O)O)NC(=O)c1ccc(NCc2cnc3nc(N)[nH]c(=O)c3n2)cc1. The summed E-state index contributed by atoms with van der Waals surface area (Å²) in [5.74, 6) is -8.40. The number of carbonyl (C=O) groups is 9. The Balaban J connectivity index is 1.64. The molecule has 350 valence electrons. The topological polar surface area (TPSA) is 448 Å². The number of H-pyrrole nitrogens is 1. The second-order valence-electron chi connectivity index (χ2n) is 14.6. The maximum atomic E-state index is 13.5. The van der Waals surface area contributed by atoms with Gasteiger partial charge >= 0.3 is 17.9 Å². The number of carboxylic acid groups (broad SMARTS) is 3. The lowest BCUT2D eigenvalue weighted by Gasteiger charge is -2.31. The van der Waals surface area contributed by atoms with E-state index in [0.29, 0.717) is 11.4 Å². The number of aliphatic imine (C=N–C) groups is 1. The van der Waals surface area contributed by atoms with Gasteiger partial charge in [0.1, 0.15) is 24.2 Å². The van der Waals surface area contributed by atoms with Crippen molar-refractivity contribution >= 4 is 82.9 Å². The number of hydrogen-bond acceptors (Lipinski definition) is 17. The van der Waals surface area contributed by atoms with E-state index in [2.05, 4.69) is 51.5 Å². The molecule has 2 heterocycles. The van der Waals surface area contributed by atoms with Crippen LogP contribution < -0.4 is 54.7 Å². The summed E-state index contributed by atoms with van der Waals surface area (Å²) in [5.41, 5.74) is 15.0. The van der Waals surface area contributed by atoms with E-state index in [0.717, 1.165) is 0 Å². The normalized spacial score (nSPS) is 13.6. The molecule has 0 saturated carbocycles. The predicted octanol–water partition coefficient (Wildman–Crippen LogP) is -3.54. The molecule has 0 fully saturated rings. The number of nitrogens with zero attached hydrogens (tertiary/aromatic N) is 4. The number of aromatic nitrogens is 4. The molecule has 0 bridgehead atoms. The fourth-order valence-electron chi connectivity index (χ4n) is 5.98. The van der Waals surface area contributed by atoms with Gasteiger partial charge in [-0.05, 0) is 50.5 Å². The molecule has 0 aliphatic heterocycles. The summed E-state index contributed by atoms with van der Waals surface area (Å²) in [4.78, 5) is 142. The van der Waals surface area contributed by atoms with Crippen LogP contribution in [0, 0.1) is 0 Å². The number of aromatic amines is 1. The Morgan fingerprint density at radius 1 is 0.892 bits per heavy atom. The summed E-state index contributed by atoms with van der Waals surface area (Å²) in [6.07, 6.45) is -1.43. The second kappa shape index (κ2) is 24.5. The Kier molecular flexibility index (Phi) is 19.3. The molecule has 27 heteroatoms. The van der Waals surface area contributed by atoms with Gasteiger partial charge in [0.15, 0.2) is 17.1 Å². The smallest absolute Gasteiger partial charge is 0.306 e. The van der Waals surface area contributed by atoms with E-state index in [9.17, 15) is 58.2 Å². The van der Waals surface area contributed by atoms with Crippen molar-refractivity contribution in [3.8, 4) is 0 Å². The average molecular weight is 911 g/mol. The van der Waals surface area contributed by atoms with Crippen LogP contribution in [0.3, 0.4) is 0 Å². The molecule has 1 aromatic carbocycles. The first-order chi connectivity index (χ1) is 30.7. The maximum Gasteiger partial charge on any atom is 0.306 e. The summed E-state index contributed by atoms with van der Waals surface area (Å²) >= 11 is 0. The van der Waals surface area contributed by atoms with Gasteiger partial charge in [0.25, 0.3) is 11.5 Å². The minimum absolute atomic E-state index is 0.0167. The van der Waals surface area contributed by atoms with Crippen LogP contribution in [0.5, 0.6) is 0 Å². The van der Waals surface area contributed by atoms with Crippen molar-refractivity contribution in [1.29, 1.82) is 0 Å². The molecule has 0 aliphatic carbocycles. The number of amides is 4. The number of fused-ring (bicyclic) bond motifs is 1. The molecular formula is C38H50N14O13. The van der Waals surface area contributed by atoms with Crippen LogP contribution in [0.2, 0.25) is 0 Å². The fraction of sp³-hybridized carbons (Fsp3) is 0.421. The number of nitrogens with two attached hydrogens (primary N) is 3. The number of guanidine groups is 1.